The number of fused-ring (bicyclic) bond motifs is 3. The van der Waals surface area contributed by atoms with E-state index < -0.39 is 0 Å². The van der Waals surface area contributed by atoms with Crippen LogP contribution in [0.25, 0.3) is 43.4 Å². The highest BCUT2D eigenvalue weighted by molar-refractivity contribution is 6.15. The topological polar surface area (TPSA) is 0 Å². The van der Waals surface area contributed by atoms with Crippen LogP contribution in [0.2, 0.25) is 0 Å². The molecule has 7 rings (SSSR count). The first kappa shape index (κ1) is 25.9. The largest absolute Gasteiger partial charge is 0.0622 e. The van der Waals surface area contributed by atoms with E-state index in [1.807, 2.05) is 36.4 Å². The van der Waals surface area contributed by atoms with Gasteiger partial charge in [-0.25, -0.2) is 0 Å². The summed E-state index contributed by atoms with van der Waals surface area (Å²) in [6.07, 6.45) is 0. The van der Waals surface area contributed by atoms with Crippen LogP contribution in [0.5, 0.6) is 0 Å². The van der Waals surface area contributed by atoms with Crippen LogP contribution in [-0.4, -0.2) is 0 Å². The van der Waals surface area contributed by atoms with Crippen molar-refractivity contribution in [2.45, 2.75) is 20.8 Å². The molecule has 0 N–H and O–H groups in total. The van der Waals surface area contributed by atoms with Gasteiger partial charge in [0, 0.05) is 0 Å². The van der Waals surface area contributed by atoms with Crippen LogP contribution in [0.15, 0.2) is 152 Å². The van der Waals surface area contributed by atoms with Crippen molar-refractivity contribution >= 4 is 32.3 Å². The molecule has 0 saturated heterocycles. The van der Waals surface area contributed by atoms with Crippen LogP contribution in [0, 0.1) is 20.8 Å². The van der Waals surface area contributed by atoms with Gasteiger partial charge in [-0.1, -0.05) is 157 Å². The first-order valence-corrected chi connectivity index (χ1v) is 13.5. The molecule has 0 amide bonds. The summed E-state index contributed by atoms with van der Waals surface area (Å²) >= 11 is 0. The van der Waals surface area contributed by atoms with Gasteiger partial charge in [-0.3, -0.25) is 0 Å². The lowest BCUT2D eigenvalue weighted by molar-refractivity contribution is 1.48. The summed E-state index contributed by atoms with van der Waals surface area (Å²) in [5.41, 5.74) is 6.62. The SMILES string of the molecule is Cc1c2ccccc2c(-c2ccc3ccccc3c2)c2ccccc12.Cc1ccccc1.Cc1ccccc1. The molecule has 0 unspecified atom stereocenters. The molecule has 0 radical (unpaired) electrons. The zero-order valence-corrected chi connectivity index (χ0v) is 22.9. The molecule has 0 nitrogen and oxygen atoms in total. The number of hydrogen-bond acceptors (Lipinski definition) is 0. The van der Waals surface area contributed by atoms with Crippen LogP contribution >= 0.6 is 0 Å². The molecule has 0 spiro atoms. The lowest BCUT2D eigenvalue weighted by atomic mass is 9.88. The van der Waals surface area contributed by atoms with Crippen molar-refractivity contribution in [3.05, 3.63) is 168 Å². The van der Waals surface area contributed by atoms with Gasteiger partial charge in [-0.15, -0.1) is 0 Å². The van der Waals surface area contributed by atoms with Gasteiger partial charge in [0.2, 0.25) is 0 Å². The Morgan fingerprint density at radius 2 is 0.744 bits per heavy atom. The summed E-state index contributed by atoms with van der Waals surface area (Å²) in [7, 11) is 0. The second kappa shape index (κ2) is 12.2. The Labute approximate surface area is 232 Å². The number of hydrogen-bond donors (Lipinski definition) is 0. The zero-order chi connectivity index (χ0) is 27.0. The maximum Gasteiger partial charge on any atom is -0.00264 e. The van der Waals surface area contributed by atoms with E-state index in [1.54, 1.807) is 0 Å². The fraction of sp³-hybridized carbons (Fsp3) is 0.0769. The van der Waals surface area contributed by atoms with Crippen LogP contribution in [-0.2, 0) is 0 Å². The maximum absolute atomic E-state index is 2.32. The van der Waals surface area contributed by atoms with Gasteiger partial charge in [0.05, 0.1) is 0 Å². The van der Waals surface area contributed by atoms with Gasteiger partial charge < -0.3 is 0 Å². The van der Waals surface area contributed by atoms with Gasteiger partial charge in [0.25, 0.3) is 0 Å². The van der Waals surface area contributed by atoms with Crippen molar-refractivity contribution in [2.24, 2.45) is 0 Å². The summed E-state index contributed by atoms with van der Waals surface area (Å²) in [5, 5.41) is 7.90. The molecule has 39 heavy (non-hydrogen) atoms. The number of rotatable bonds is 1. The van der Waals surface area contributed by atoms with Gasteiger partial charge in [-0.2, -0.15) is 0 Å². The Morgan fingerprint density at radius 1 is 0.333 bits per heavy atom. The molecule has 0 saturated carbocycles. The number of aryl methyl sites for hydroxylation is 3. The first-order chi connectivity index (χ1) is 19.1. The van der Waals surface area contributed by atoms with Crippen LogP contribution in [0.4, 0.5) is 0 Å². The Balaban J connectivity index is 0.000000180. The standard InChI is InChI=1S/C25H18.2C7H8/c1-17-21-10-4-6-12-23(21)25(24-13-7-5-11-22(17)24)20-15-14-18-8-2-3-9-19(18)16-20;2*1-7-5-3-2-4-6-7/h2-16H,1H3;2*2-6H,1H3. The van der Waals surface area contributed by atoms with Gasteiger partial charge in [0.15, 0.2) is 0 Å². The molecule has 190 valence electrons. The van der Waals surface area contributed by atoms with E-state index in [0.29, 0.717) is 0 Å². The average Bonchev–Trinajstić information content (AvgIpc) is 2.99. The van der Waals surface area contributed by atoms with Crippen molar-refractivity contribution in [3.63, 3.8) is 0 Å². The predicted octanol–water partition coefficient (Wildman–Crippen LogP) is 11.1. The molecule has 0 heteroatoms. The van der Waals surface area contributed by atoms with Gasteiger partial charge in [-0.05, 0) is 75.8 Å². The quantitative estimate of drug-likeness (QED) is 0.196. The van der Waals surface area contributed by atoms with E-state index >= 15 is 0 Å². The highest BCUT2D eigenvalue weighted by Gasteiger charge is 2.12. The van der Waals surface area contributed by atoms with E-state index in [4.69, 9.17) is 0 Å². The van der Waals surface area contributed by atoms with Crippen LogP contribution in [0.1, 0.15) is 16.7 Å². The van der Waals surface area contributed by atoms with Crippen molar-refractivity contribution < 1.29 is 0 Å². The Morgan fingerprint density at radius 3 is 1.21 bits per heavy atom. The van der Waals surface area contributed by atoms with E-state index in [0.717, 1.165) is 0 Å². The van der Waals surface area contributed by atoms with Gasteiger partial charge >= 0.3 is 0 Å². The summed E-state index contributed by atoms with van der Waals surface area (Å²) in [6.45, 7) is 6.40. The smallest absolute Gasteiger partial charge is 0.00264 e. The van der Waals surface area contributed by atoms with E-state index in [9.17, 15) is 0 Å². The monoisotopic (exact) mass is 502 g/mol. The lowest BCUT2D eigenvalue weighted by Gasteiger charge is -2.15. The fourth-order valence-electron chi connectivity index (χ4n) is 5.07. The minimum absolute atomic E-state index is 1.28. The highest BCUT2D eigenvalue weighted by atomic mass is 14.2. The molecule has 0 heterocycles. The van der Waals surface area contributed by atoms with Crippen molar-refractivity contribution in [2.75, 3.05) is 0 Å². The normalized spacial score (nSPS) is 10.4. The van der Waals surface area contributed by atoms with Crippen molar-refractivity contribution in [1.82, 2.24) is 0 Å². The minimum Gasteiger partial charge on any atom is -0.0622 e. The third kappa shape index (κ3) is 6.08. The second-order valence-electron chi connectivity index (χ2n) is 9.96. The summed E-state index contributed by atoms with van der Waals surface area (Å²) in [6, 6.07) is 53.4. The molecule has 0 atom stereocenters. The van der Waals surface area contributed by atoms with Crippen LogP contribution < -0.4 is 0 Å². The molecule has 0 fully saturated rings. The average molecular weight is 503 g/mol. The Bertz CT molecular complexity index is 1720. The predicted molar refractivity (Wildman–Crippen MR) is 171 cm³/mol. The summed E-state index contributed by atoms with van der Waals surface area (Å²) in [5.74, 6) is 0. The summed E-state index contributed by atoms with van der Waals surface area (Å²) in [4.78, 5) is 0. The fourth-order valence-corrected chi connectivity index (χ4v) is 5.07. The third-order valence-electron chi connectivity index (χ3n) is 7.12. The van der Waals surface area contributed by atoms with Crippen molar-refractivity contribution in [1.29, 1.82) is 0 Å². The highest BCUT2D eigenvalue weighted by Crippen LogP contribution is 2.39. The molecule has 0 aliphatic rings. The minimum atomic E-state index is 1.28. The zero-order valence-electron chi connectivity index (χ0n) is 22.9. The Kier molecular flexibility index (Phi) is 8.15. The molecular formula is C39H34. The summed E-state index contributed by atoms with van der Waals surface area (Å²) < 4.78 is 0. The molecular weight excluding hydrogens is 468 g/mol. The van der Waals surface area contributed by atoms with E-state index in [1.165, 1.54) is 60.1 Å². The Hall–Kier alpha value is -4.68. The third-order valence-corrected chi connectivity index (χ3v) is 7.12. The van der Waals surface area contributed by atoms with Gasteiger partial charge in [0.1, 0.15) is 0 Å². The molecule has 7 aromatic rings. The molecule has 0 aliphatic heterocycles. The molecule has 0 bridgehead atoms. The molecule has 0 aromatic heterocycles. The maximum atomic E-state index is 2.32. The first-order valence-electron chi connectivity index (χ1n) is 13.5. The second-order valence-corrected chi connectivity index (χ2v) is 9.96. The van der Waals surface area contributed by atoms with E-state index in [-0.39, 0.29) is 0 Å². The van der Waals surface area contributed by atoms with Crippen LogP contribution in [0.3, 0.4) is 0 Å². The lowest BCUT2D eigenvalue weighted by Crippen LogP contribution is -1.89. The molecule has 0 aliphatic carbocycles. The number of benzene rings is 7. The van der Waals surface area contributed by atoms with E-state index in [2.05, 4.69) is 136 Å². The van der Waals surface area contributed by atoms with Crippen molar-refractivity contribution in [3.8, 4) is 11.1 Å². The molecule has 7 aromatic carbocycles.